The van der Waals surface area contributed by atoms with E-state index in [-0.39, 0.29) is 5.92 Å². The Bertz CT molecular complexity index is 431. The van der Waals surface area contributed by atoms with Gasteiger partial charge in [0.2, 0.25) is 0 Å². The number of fused-ring (bicyclic) bond motifs is 1. The average molecular weight is 268 g/mol. The van der Waals surface area contributed by atoms with Gasteiger partial charge in [0.15, 0.2) is 5.13 Å². The zero-order valence-electron chi connectivity index (χ0n) is 11.0. The molecule has 18 heavy (non-hydrogen) atoms. The first-order valence-electron chi connectivity index (χ1n) is 6.64. The average Bonchev–Trinajstić information content (AvgIpc) is 2.78. The Morgan fingerprint density at radius 1 is 1.56 bits per heavy atom. The Balaban J connectivity index is 2.28. The topological polar surface area (TPSA) is 53.4 Å². The number of aryl methyl sites for hydroxylation is 1. The first-order chi connectivity index (χ1) is 8.67. The molecule has 1 unspecified atom stereocenters. The van der Waals surface area contributed by atoms with E-state index in [9.17, 15) is 9.90 Å². The number of hydrogen-bond acceptors (Lipinski definition) is 4. The molecule has 0 bridgehead atoms. The SMILES string of the molecule is CCCN(CC)c1nc2c(s1)CCCC2C(=O)O. The molecule has 1 N–H and O–H groups in total. The molecule has 1 atom stereocenters. The number of aromatic nitrogens is 1. The molecule has 5 heteroatoms. The summed E-state index contributed by atoms with van der Waals surface area (Å²) in [5, 5.41) is 10.2. The molecule has 0 saturated carbocycles. The van der Waals surface area contributed by atoms with Crippen molar-refractivity contribution in [3.8, 4) is 0 Å². The first-order valence-corrected chi connectivity index (χ1v) is 7.46. The van der Waals surface area contributed by atoms with E-state index in [1.54, 1.807) is 11.3 Å². The molecule has 100 valence electrons. The predicted octanol–water partition coefficient (Wildman–Crippen LogP) is 2.88. The molecule has 0 fully saturated rings. The van der Waals surface area contributed by atoms with Crippen LogP contribution in [0.3, 0.4) is 0 Å². The van der Waals surface area contributed by atoms with Crippen LogP contribution in [0, 0.1) is 0 Å². The second-order valence-electron chi connectivity index (χ2n) is 4.67. The summed E-state index contributed by atoms with van der Waals surface area (Å²) in [6.07, 6.45) is 3.76. The normalized spacial score (nSPS) is 18.4. The van der Waals surface area contributed by atoms with E-state index < -0.39 is 5.97 Å². The molecule has 0 aromatic carbocycles. The maximum Gasteiger partial charge on any atom is 0.312 e. The fraction of sp³-hybridized carbons (Fsp3) is 0.692. The predicted molar refractivity (Wildman–Crippen MR) is 73.6 cm³/mol. The number of aliphatic carboxylic acids is 1. The number of thiazole rings is 1. The number of carbonyl (C=O) groups is 1. The summed E-state index contributed by atoms with van der Waals surface area (Å²) < 4.78 is 0. The van der Waals surface area contributed by atoms with E-state index in [1.165, 1.54) is 4.88 Å². The van der Waals surface area contributed by atoms with Crippen molar-refractivity contribution >= 4 is 22.4 Å². The summed E-state index contributed by atoms with van der Waals surface area (Å²) in [5.41, 5.74) is 0.823. The van der Waals surface area contributed by atoms with Crippen LogP contribution in [0.15, 0.2) is 0 Å². The molecule has 0 spiro atoms. The first kappa shape index (κ1) is 13.3. The third kappa shape index (κ3) is 2.51. The van der Waals surface area contributed by atoms with Crippen LogP contribution in [-0.2, 0) is 11.2 Å². The number of hydrogen-bond donors (Lipinski definition) is 1. The van der Waals surface area contributed by atoms with E-state index >= 15 is 0 Å². The largest absolute Gasteiger partial charge is 0.481 e. The number of carboxylic acid groups (broad SMARTS) is 1. The highest BCUT2D eigenvalue weighted by Crippen LogP contribution is 2.38. The van der Waals surface area contributed by atoms with Crippen LogP contribution in [-0.4, -0.2) is 29.1 Å². The highest BCUT2D eigenvalue weighted by molar-refractivity contribution is 7.15. The van der Waals surface area contributed by atoms with Crippen molar-refractivity contribution < 1.29 is 9.90 Å². The van der Waals surface area contributed by atoms with Gasteiger partial charge in [0.25, 0.3) is 0 Å². The van der Waals surface area contributed by atoms with Gasteiger partial charge < -0.3 is 10.0 Å². The maximum atomic E-state index is 11.2. The minimum absolute atomic E-state index is 0.390. The van der Waals surface area contributed by atoms with Crippen LogP contribution in [0.1, 0.15) is 49.6 Å². The monoisotopic (exact) mass is 268 g/mol. The lowest BCUT2D eigenvalue weighted by atomic mass is 9.91. The van der Waals surface area contributed by atoms with Gasteiger partial charge in [-0.15, -0.1) is 11.3 Å². The van der Waals surface area contributed by atoms with E-state index in [4.69, 9.17) is 0 Å². The van der Waals surface area contributed by atoms with Crippen molar-refractivity contribution in [2.45, 2.75) is 45.4 Å². The Morgan fingerprint density at radius 3 is 2.94 bits per heavy atom. The van der Waals surface area contributed by atoms with Gasteiger partial charge in [-0.3, -0.25) is 4.79 Å². The molecule has 0 aliphatic heterocycles. The van der Waals surface area contributed by atoms with Gasteiger partial charge in [0, 0.05) is 18.0 Å². The molecule has 4 nitrogen and oxygen atoms in total. The molecule has 1 aromatic heterocycles. The zero-order chi connectivity index (χ0) is 13.1. The second-order valence-corrected chi connectivity index (χ2v) is 5.73. The van der Waals surface area contributed by atoms with Gasteiger partial charge in [-0.2, -0.15) is 0 Å². The van der Waals surface area contributed by atoms with E-state index in [0.29, 0.717) is 0 Å². The van der Waals surface area contributed by atoms with Crippen molar-refractivity contribution in [2.24, 2.45) is 0 Å². The van der Waals surface area contributed by atoms with E-state index in [1.807, 2.05) is 0 Å². The van der Waals surface area contributed by atoms with Crippen molar-refractivity contribution in [2.75, 3.05) is 18.0 Å². The molecule has 1 aliphatic rings. The van der Waals surface area contributed by atoms with Gasteiger partial charge >= 0.3 is 5.97 Å². The Kier molecular flexibility index (Phi) is 4.22. The summed E-state index contributed by atoms with van der Waals surface area (Å²) in [6.45, 7) is 6.18. The molecule has 1 aromatic rings. The van der Waals surface area contributed by atoms with Crippen LogP contribution < -0.4 is 4.90 Å². The Labute approximate surface area is 112 Å². The molecule has 1 heterocycles. The van der Waals surface area contributed by atoms with Crippen LogP contribution in [0.25, 0.3) is 0 Å². The summed E-state index contributed by atoms with van der Waals surface area (Å²) in [6, 6.07) is 0. The molecule has 0 saturated heterocycles. The van der Waals surface area contributed by atoms with E-state index in [0.717, 1.165) is 49.6 Å². The smallest absolute Gasteiger partial charge is 0.312 e. The van der Waals surface area contributed by atoms with Crippen LogP contribution in [0.5, 0.6) is 0 Å². The van der Waals surface area contributed by atoms with Crippen molar-refractivity contribution in [1.82, 2.24) is 4.98 Å². The molecule has 2 rings (SSSR count). The van der Waals surface area contributed by atoms with Crippen molar-refractivity contribution in [1.29, 1.82) is 0 Å². The van der Waals surface area contributed by atoms with Crippen molar-refractivity contribution in [3.63, 3.8) is 0 Å². The lowest BCUT2D eigenvalue weighted by Crippen LogP contribution is -2.23. The third-order valence-electron chi connectivity index (χ3n) is 3.39. The molecule has 0 amide bonds. The van der Waals surface area contributed by atoms with Gasteiger partial charge in [0.1, 0.15) is 5.92 Å². The Morgan fingerprint density at radius 2 is 2.33 bits per heavy atom. The zero-order valence-corrected chi connectivity index (χ0v) is 11.8. The highest BCUT2D eigenvalue weighted by atomic mass is 32.1. The van der Waals surface area contributed by atoms with Gasteiger partial charge in [-0.05, 0) is 32.6 Å². The summed E-state index contributed by atoms with van der Waals surface area (Å²) in [7, 11) is 0. The quantitative estimate of drug-likeness (QED) is 0.892. The van der Waals surface area contributed by atoms with Crippen molar-refractivity contribution in [3.05, 3.63) is 10.6 Å². The Hall–Kier alpha value is -1.10. The van der Waals surface area contributed by atoms with Crippen LogP contribution in [0.4, 0.5) is 5.13 Å². The lowest BCUT2D eigenvalue weighted by molar-refractivity contribution is -0.139. The minimum atomic E-state index is -0.730. The van der Waals surface area contributed by atoms with E-state index in [2.05, 4.69) is 23.7 Å². The summed E-state index contributed by atoms with van der Waals surface area (Å²) in [5.74, 6) is -1.12. The summed E-state index contributed by atoms with van der Waals surface area (Å²) >= 11 is 1.68. The molecular weight excluding hydrogens is 248 g/mol. The summed E-state index contributed by atoms with van der Waals surface area (Å²) in [4.78, 5) is 19.3. The fourth-order valence-electron chi connectivity index (χ4n) is 2.44. The van der Waals surface area contributed by atoms with Crippen LogP contribution >= 0.6 is 11.3 Å². The van der Waals surface area contributed by atoms with Gasteiger partial charge in [0.05, 0.1) is 5.69 Å². The number of rotatable bonds is 5. The highest BCUT2D eigenvalue weighted by Gasteiger charge is 2.30. The fourth-order valence-corrected chi connectivity index (χ4v) is 3.69. The molecule has 0 radical (unpaired) electrons. The lowest BCUT2D eigenvalue weighted by Gasteiger charge is -2.18. The molecule has 1 aliphatic carbocycles. The number of anilines is 1. The maximum absolute atomic E-state index is 11.2. The standard InChI is InChI=1S/C13H20N2O2S/c1-3-8-15(4-2)13-14-11-9(12(16)17)6-5-7-10(11)18-13/h9H,3-8H2,1-2H3,(H,16,17). The molecular formula is C13H20N2O2S. The number of carboxylic acids is 1. The minimum Gasteiger partial charge on any atom is -0.481 e. The number of nitrogens with zero attached hydrogens (tertiary/aromatic N) is 2. The van der Waals surface area contributed by atoms with Gasteiger partial charge in [-0.25, -0.2) is 4.98 Å². The van der Waals surface area contributed by atoms with Crippen LogP contribution in [0.2, 0.25) is 0 Å². The van der Waals surface area contributed by atoms with Gasteiger partial charge in [-0.1, -0.05) is 6.92 Å². The third-order valence-corrected chi connectivity index (χ3v) is 4.58. The second kappa shape index (κ2) is 5.69.